The molecule has 0 aliphatic carbocycles. The molecule has 0 bridgehead atoms. The van der Waals surface area contributed by atoms with E-state index in [1.807, 2.05) is 0 Å². The van der Waals surface area contributed by atoms with E-state index in [1.165, 1.54) is 6.42 Å². The minimum atomic E-state index is -0.659. The molecule has 3 nitrogen and oxygen atoms in total. The van der Waals surface area contributed by atoms with E-state index < -0.39 is 5.97 Å². The van der Waals surface area contributed by atoms with E-state index in [4.69, 9.17) is 5.11 Å². The van der Waals surface area contributed by atoms with Gasteiger partial charge in [-0.15, -0.1) is 0 Å². The summed E-state index contributed by atoms with van der Waals surface area (Å²) in [6.45, 7) is 5.41. The average Bonchev–Trinajstić information content (AvgIpc) is 2.47. The van der Waals surface area contributed by atoms with Crippen LogP contribution in [0.15, 0.2) is 0 Å². The minimum absolute atomic E-state index is 0.329. The highest BCUT2D eigenvalue weighted by Crippen LogP contribution is 2.24. The first-order valence-corrected chi connectivity index (χ1v) is 5.54. The van der Waals surface area contributed by atoms with Gasteiger partial charge in [0.15, 0.2) is 0 Å². The van der Waals surface area contributed by atoms with Crippen molar-refractivity contribution in [2.75, 3.05) is 6.54 Å². The molecule has 0 aromatic heterocycles. The molecule has 0 amide bonds. The molecule has 1 rings (SSSR count). The summed E-state index contributed by atoms with van der Waals surface area (Å²) in [5, 5.41) is 12.1. The summed E-state index contributed by atoms with van der Waals surface area (Å²) in [4.78, 5) is 10.6. The quantitative estimate of drug-likeness (QED) is 0.710. The van der Waals surface area contributed by atoms with Gasteiger partial charge in [0.25, 0.3) is 0 Å². The monoisotopic (exact) mass is 199 g/mol. The van der Waals surface area contributed by atoms with Gasteiger partial charge in [-0.25, -0.2) is 0 Å². The molecule has 0 saturated carbocycles. The normalized spacial score (nSPS) is 27.1. The van der Waals surface area contributed by atoms with Crippen LogP contribution in [-0.2, 0) is 4.79 Å². The van der Waals surface area contributed by atoms with Crippen LogP contribution >= 0.6 is 0 Å². The van der Waals surface area contributed by atoms with Crippen molar-refractivity contribution < 1.29 is 9.90 Å². The fraction of sp³-hybridized carbons (Fsp3) is 0.909. The van der Waals surface area contributed by atoms with Crippen molar-refractivity contribution in [2.24, 2.45) is 11.8 Å². The van der Waals surface area contributed by atoms with Gasteiger partial charge in [0.2, 0.25) is 0 Å². The van der Waals surface area contributed by atoms with Crippen LogP contribution in [0.5, 0.6) is 0 Å². The number of carboxylic acids is 1. The molecule has 0 aromatic rings. The molecule has 0 aromatic carbocycles. The summed E-state index contributed by atoms with van der Waals surface area (Å²) in [6.07, 6.45) is 3.66. The Labute approximate surface area is 85.9 Å². The molecule has 1 aliphatic rings. The second kappa shape index (κ2) is 5.35. The number of hydrogen-bond acceptors (Lipinski definition) is 2. The molecular weight excluding hydrogens is 178 g/mol. The molecule has 2 atom stereocenters. The summed E-state index contributed by atoms with van der Waals surface area (Å²) in [6, 6.07) is 0.438. The van der Waals surface area contributed by atoms with Crippen LogP contribution in [0.3, 0.4) is 0 Å². The van der Waals surface area contributed by atoms with Gasteiger partial charge in [0.1, 0.15) is 0 Å². The molecule has 2 N–H and O–H groups in total. The van der Waals surface area contributed by atoms with Crippen LogP contribution in [0.1, 0.15) is 39.5 Å². The number of nitrogens with one attached hydrogen (secondary N) is 1. The van der Waals surface area contributed by atoms with E-state index in [1.54, 1.807) is 0 Å². The molecule has 2 unspecified atom stereocenters. The molecule has 3 heteroatoms. The van der Waals surface area contributed by atoms with Crippen LogP contribution in [0.25, 0.3) is 0 Å². The fourth-order valence-electron chi connectivity index (χ4n) is 2.14. The van der Waals surface area contributed by atoms with Crippen molar-refractivity contribution in [2.45, 2.75) is 45.6 Å². The van der Waals surface area contributed by atoms with Gasteiger partial charge in [0, 0.05) is 12.5 Å². The van der Waals surface area contributed by atoms with Gasteiger partial charge in [-0.1, -0.05) is 13.8 Å². The van der Waals surface area contributed by atoms with E-state index in [0.717, 1.165) is 19.4 Å². The lowest BCUT2D eigenvalue weighted by Gasteiger charge is -2.18. The first-order chi connectivity index (χ1) is 6.59. The average molecular weight is 199 g/mol. The van der Waals surface area contributed by atoms with Gasteiger partial charge in [0.05, 0.1) is 0 Å². The van der Waals surface area contributed by atoms with Gasteiger partial charge in [-0.2, -0.15) is 0 Å². The predicted octanol–water partition coefficient (Wildman–Crippen LogP) is 1.88. The van der Waals surface area contributed by atoms with Crippen molar-refractivity contribution in [3.05, 3.63) is 0 Å². The zero-order chi connectivity index (χ0) is 10.6. The fourth-order valence-corrected chi connectivity index (χ4v) is 2.14. The molecule has 0 radical (unpaired) electrons. The summed E-state index contributed by atoms with van der Waals surface area (Å²) < 4.78 is 0. The highest BCUT2D eigenvalue weighted by Gasteiger charge is 2.28. The molecule has 0 spiro atoms. The summed E-state index contributed by atoms with van der Waals surface area (Å²) in [7, 11) is 0. The smallest absolute Gasteiger partial charge is 0.303 e. The Morgan fingerprint density at radius 1 is 1.57 bits per heavy atom. The Balaban J connectivity index is 2.31. The van der Waals surface area contributed by atoms with E-state index in [-0.39, 0.29) is 0 Å². The maximum absolute atomic E-state index is 10.6. The Kier molecular flexibility index (Phi) is 4.39. The second-order valence-corrected chi connectivity index (χ2v) is 4.68. The number of hydrogen-bond donors (Lipinski definition) is 2. The Morgan fingerprint density at radius 2 is 2.29 bits per heavy atom. The third-order valence-corrected chi connectivity index (χ3v) is 2.98. The van der Waals surface area contributed by atoms with Crippen molar-refractivity contribution in [1.29, 1.82) is 0 Å². The van der Waals surface area contributed by atoms with Crippen molar-refractivity contribution in [3.8, 4) is 0 Å². The first-order valence-electron chi connectivity index (χ1n) is 5.54. The number of carboxylic acid groups (broad SMARTS) is 1. The van der Waals surface area contributed by atoms with Crippen LogP contribution in [0.2, 0.25) is 0 Å². The molecule has 1 fully saturated rings. The first kappa shape index (κ1) is 11.5. The zero-order valence-corrected chi connectivity index (χ0v) is 9.12. The van der Waals surface area contributed by atoms with Gasteiger partial charge >= 0.3 is 5.97 Å². The SMILES string of the molecule is CC(C)CCC1NCCC1CC(=O)O. The maximum Gasteiger partial charge on any atom is 0.303 e. The lowest BCUT2D eigenvalue weighted by Crippen LogP contribution is -2.28. The van der Waals surface area contributed by atoms with Crippen molar-refractivity contribution >= 4 is 5.97 Å². The highest BCUT2D eigenvalue weighted by atomic mass is 16.4. The topological polar surface area (TPSA) is 49.3 Å². The molecule has 1 aliphatic heterocycles. The van der Waals surface area contributed by atoms with Crippen molar-refractivity contribution in [3.63, 3.8) is 0 Å². The van der Waals surface area contributed by atoms with Crippen molar-refractivity contribution in [1.82, 2.24) is 5.32 Å². The summed E-state index contributed by atoms with van der Waals surface area (Å²) in [5.41, 5.74) is 0. The van der Waals surface area contributed by atoms with E-state index in [2.05, 4.69) is 19.2 Å². The lowest BCUT2D eigenvalue weighted by molar-refractivity contribution is -0.138. The van der Waals surface area contributed by atoms with E-state index in [0.29, 0.717) is 24.3 Å². The molecule has 14 heavy (non-hydrogen) atoms. The molecule has 1 heterocycles. The zero-order valence-electron chi connectivity index (χ0n) is 9.12. The second-order valence-electron chi connectivity index (χ2n) is 4.68. The predicted molar refractivity (Wildman–Crippen MR) is 56.2 cm³/mol. The highest BCUT2D eigenvalue weighted by molar-refractivity contribution is 5.67. The maximum atomic E-state index is 10.6. The Morgan fingerprint density at radius 3 is 2.86 bits per heavy atom. The summed E-state index contributed by atoms with van der Waals surface area (Å²) in [5.74, 6) is 0.405. The van der Waals surface area contributed by atoms with Crippen LogP contribution in [0, 0.1) is 11.8 Å². The van der Waals surface area contributed by atoms with Crippen LogP contribution in [0.4, 0.5) is 0 Å². The molecular formula is C11H21NO2. The number of aliphatic carboxylic acids is 1. The van der Waals surface area contributed by atoms with E-state index >= 15 is 0 Å². The number of rotatable bonds is 5. The largest absolute Gasteiger partial charge is 0.481 e. The van der Waals surface area contributed by atoms with Gasteiger partial charge in [-0.05, 0) is 37.6 Å². The van der Waals surface area contributed by atoms with Gasteiger partial charge in [-0.3, -0.25) is 4.79 Å². The Bertz CT molecular complexity index is 192. The van der Waals surface area contributed by atoms with E-state index in [9.17, 15) is 4.79 Å². The molecule has 1 saturated heterocycles. The lowest BCUT2D eigenvalue weighted by atomic mass is 9.91. The standard InChI is InChI=1S/C11H21NO2/c1-8(2)3-4-10-9(5-6-12-10)7-11(13)14/h8-10,12H,3-7H2,1-2H3,(H,13,14). The summed E-state index contributed by atoms with van der Waals surface area (Å²) >= 11 is 0. The number of carbonyl (C=O) groups is 1. The molecule has 82 valence electrons. The Hall–Kier alpha value is -0.570. The third kappa shape index (κ3) is 3.66. The minimum Gasteiger partial charge on any atom is -0.481 e. The van der Waals surface area contributed by atoms with Gasteiger partial charge < -0.3 is 10.4 Å². The van der Waals surface area contributed by atoms with Crippen LogP contribution in [-0.4, -0.2) is 23.7 Å². The van der Waals surface area contributed by atoms with Crippen LogP contribution < -0.4 is 5.32 Å². The third-order valence-electron chi connectivity index (χ3n) is 2.98.